The van der Waals surface area contributed by atoms with Gasteiger partial charge >= 0.3 is 6.72 Å². The molecule has 0 aliphatic carbocycles. The maximum Gasteiger partial charge on any atom is 0.324 e. The van der Waals surface area contributed by atoms with Crippen LogP contribution in [0.4, 0.5) is 0 Å². The zero-order chi connectivity index (χ0) is 26.7. The highest BCUT2D eigenvalue weighted by atomic mass is 32.5. The molecule has 2 unspecified atom stereocenters. The highest BCUT2D eigenvalue weighted by molar-refractivity contribution is 8.07. The maximum atomic E-state index is 10.2. The summed E-state index contributed by atoms with van der Waals surface area (Å²) in [5, 5.41) is 3.41. The molecule has 0 aromatic heterocycles. The Morgan fingerprint density at radius 1 is 0.944 bits per heavy atom. The SMILES string of the molecule is B[C@@H]1O[C@H](COC)C(OP(O)(=S)OC)[C@@H]1CCCNC(=S)CCCCCCCCCCCCCCC. The second-order valence-electron chi connectivity index (χ2n) is 10.2. The van der Waals surface area contributed by atoms with Crippen LogP contribution >= 0.6 is 18.9 Å². The van der Waals surface area contributed by atoms with Gasteiger partial charge in [0.1, 0.15) is 20.1 Å². The summed E-state index contributed by atoms with van der Waals surface area (Å²) >= 11 is 10.6. The topological polar surface area (TPSA) is 69.2 Å². The molecule has 0 bridgehead atoms. The molecule has 5 atom stereocenters. The Bertz CT molecular complexity index is 619. The lowest BCUT2D eigenvalue weighted by Crippen LogP contribution is -2.33. The number of hydrogen-bond acceptors (Lipinski definition) is 6. The van der Waals surface area contributed by atoms with Gasteiger partial charge < -0.3 is 28.7 Å². The second kappa shape index (κ2) is 21.3. The zero-order valence-electron chi connectivity index (χ0n) is 23.4. The average molecular weight is 566 g/mol. The van der Waals surface area contributed by atoms with E-state index >= 15 is 0 Å². The van der Waals surface area contributed by atoms with Crippen LogP contribution in [-0.2, 0) is 30.3 Å². The van der Waals surface area contributed by atoms with Gasteiger partial charge in [0, 0.05) is 32.7 Å². The van der Waals surface area contributed by atoms with Crippen molar-refractivity contribution in [3.05, 3.63) is 0 Å². The Hall–Kier alpha value is 0.405. The van der Waals surface area contributed by atoms with Crippen molar-refractivity contribution in [3.63, 3.8) is 0 Å². The number of ether oxygens (including phenoxy) is 2. The number of hydrogen-bond donors (Lipinski definition) is 2. The first kappa shape index (κ1) is 34.4. The van der Waals surface area contributed by atoms with Crippen molar-refractivity contribution in [2.75, 3.05) is 27.4 Å². The molecule has 0 radical (unpaired) electrons. The Morgan fingerprint density at radius 2 is 1.50 bits per heavy atom. The van der Waals surface area contributed by atoms with Gasteiger partial charge in [-0.2, -0.15) is 0 Å². The van der Waals surface area contributed by atoms with Crippen molar-refractivity contribution >= 4 is 43.6 Å². The summed E-state index contributed by atoms with van der Waals surface area (Å²) in [5.74, 6) is 0.117. The van der Waals surface area contributed by atoms with Crippen molar-refractivity contribution < 1.29 is 23.4 Å². The average Bonchev–Trinajstić information content (AvgIpc) is 3.13. The molecule has 0 saturated carbocycles. The Labute approximate surface area is 233 Å². The number of methoxy groups -OCH3 is 1. The van der Waals surface area contributed by atoms with Crippen molar-refractivity contribution in [1.29, 1.82) is 0 Å². The van der Waals surface area contributed by atoms with Gasteiger partial charge in [-0.25, -0.2) is 0 Å². The van der Waals surface area contributed by atoms with Gasteiger partial charge in [0.05, 0.1) is 11.6 Å². The van der Waals surface area contributed by atoms with Gasteiger partial charge in [-0.3, -0.25) is 0 Å². The molecule has 10 heteroatoms. The summed E-state index contributed by atoms with van der Waals surface area (Å²) in [6.07, 6.45) is 19.9. The summed E-state index contributed by atoms with van der Waals surface area (Å²) in [5.41, 5.74) is 0. The van der Waals surface area contributed by atoms with Crippen molar-refractivity contribution in [2.24, 2.45) is 5.92 Å². The molecule has 36 heavy (non-hydrogen) atoms. The van der Waals surface area contributed by atoms with Crippen LogP contribution in [0, 0.1) is 5.92 Å². The molecule has 1 fully saturated rings. The van der Waals surface area contributed by atoms with E-state index in [1.807, 2.05) is 7.85 Å². The molecule has 1 rings (SSSR count). The summed E-state index contributed by atoms with van der Waals surface area (Å²) in [6, 6.07) is -0.000229. The summed E-state index contributed by atoms with van der Waals surface area (Å²) in [7, 11) is 5.05. The van der Waals surface area contributed by atoms with Gasteiger partial charge in [-0.1, -0.05) is 96.2 Å². The van der Waals surface area contributed by atoms with Gasteiger partial charge in [0.15, 0.2) is 0 Å². The molecule has 0 spiro atoms. The lowest BCUT2D eigenvalue weighted by molar-refractivity contribution is -0.0147. The van der Waals surface area contributed by atoms with E-state index in [0.29, 0.717) is 6.61 Å². The fourth-order valence-electron chi connectivity index (χ4n) is 4.99. The van der Waals surface area contributed by atoms with Gasteiger partial charge in [-0.15, -0.1) is 0 Å². The number of thiocarbonyl (C=S) groups is 1. The van der Waals surface area contributed by atoms with E-state index in [4.69, 9.17) is 42.5 Å². The van der Waals surface area contributed by atoms with Crippen LogP contribution in [0.3, 0.4) is 0 Å². The van der Waals surface area contributed by atoms with E-state index in [-0.39, 0.29) is 24.1 Å². The molecule has 0 aromatic carbocycles. The zero-order valence-corrected chi connectivity index (χ0v) is 25.9. The van der Waals surface area contributed by atoms with E-state index in [1.54, 1.807) is 7.11 Å². The predicted molar refractivity (Wildman–Crippen MR) is 161 cm³/mol. The first-order valence-electron chi connectivity index (χ1n) is 14.3. The number of nitrogens with one attached hydrogen (secondary N) is 1. The molecule has 212 valence electrons. The van der Waals surface area contributed by atoms with Crippen molar-refractivity contribution in [2.45, 2.75) is 128 Å². The van der Waals surface area contributed by atoms with Crippen LogP contribution in [0.5, 0.6) is 0 Å². The Balaban J connectivity index is 2.10. The van der Waals surface area contributed by atoms with Gasteiger partial charge in [0.2, 0.25) is 0 Å². The molecule has 1 aliphatic rings. The molecule has 6 nitrogen and oxygen atoms in total. The third-order valence-corrected chi connectivity index (χ3v) is 9.17. The minimum Gasteiger partial charge on any atom is -0.382 e. The van der Waals surface area contributed by atoms with E-state index in [9.17, 15) is 4.89 Å². The minimum absolute atomic E-state index is 0.000229. The van der Waals surface area contributed by atoms with Gasteiger partial charge in [-0.05, 0) is 37.5 Å². The largest absolute Gasteiger partial charge is 0.382 e. The van der Waals surface area contributed by atoms with Crippen molar-refractivity contribution in [3.8, 4) is 0 Å². The fourth-order valence-corrected chi connectivity index (χ4v) is 6.22. The van der Waals surface area contributed by atoms with Gasteiger partial charge in [0.25, 0.3) is 0 Å². The van der Waals surface area contributed by atoms with E-state index < -0.39 is 6.72 Å². The summed E-state index contributed by atoms with van der Waals surface area (Å²) in [4.78, 5) is 11.2. The van der Waals surface area contributed by atoms with Crippen LogP contribution < -0.4 is 5.32 Å². The Morgan fingerprint density at radius 3 is 2.03 bits per heavy atom. The lowest BCUT2D eigenvalue weighted by Gasteiger charge is -2.27. The first-order valence-corrected chi connectivity index (χ1v) is 17.3. The number of unbranched alkanes of at least 4 members (excludes halogenated alkanes) is 12. The summed E-state index contributed by atoms with van der Waals surface area (Å²) < 4.78 is 22.1. The smallest absolute Gasteiger partial charge is 0.324 e. The van der Waals surface area contributed by atoms with Crippen LogP contribution in [0.2, 0.25) is 0 Å². The monoisotopic (exact) mass is 565 g/mol. The van der Waals surface area contributed by atoms with Crippen LogP contribution in [0.25, 0.3) is 0 Å². The third kappa shape index (κ3) is 15.7. The highest BCUT2D eigenvalue weighted by Gasteiger charge is 2.44. The molecule has 0 amide bonds. The minimum atomic E-state index is -3.27. The standard InChI is InChI=1S/C26H53BNO5PS2/c1-4-5-6-7-8-9-10-11-12-13-14-15-16-19-24(35)28-20-17-18-22-25(33-34(29,36)31-3)23(21-30-2)32-26(22)27/h22-23,25-26H,4-21,27H2,1-3H3,(H,28,35)(H,29,36)/t22-,23+,25?,26+,34?/m0/s1. The van der Waals surface area contributed by atoms with E-state index in [1.165, 1.54) is 90.6 Å². The van der Waals surface area contributed by atoms with Crippen molar-refractivity contribution in [1.82, 2.24) is 5.32 Å². The molecular formula is C26H53BNO5PS2. The molecule has 2 N–H and O–H groups in total. The lowest BCUT2D eigenvalue weighted by atomic mass is 9.82. The molecule has 1 aliphatic heterocycles. The maximum absolute atomic E-state index is 10.2. The van der Waals surface area contributed by atoms with Crippen LogP contribution in [0.15, 0.2) is 0 Å². The third-order valence-electron chi connectivity index (χ3n) is 7.14. The molecular weight excluding hydrogens is 512 g/mol. The normalized spacial score (nSPS) is 23.6. The quantitative estimate of drug-likeness (QED) is 0.0674. The fraction of sp³-hybridized carbons (Fsp3) is 0.962. The molecule has 0 aromatic rings. The first-order chi connectivity index (χ1) is 17.3. The van der Waals surface area contributed by atoms with Crippen LogP contribution in [0.1, 0.15) is 110 Å². The highest BCUT2D eigenvalue weighted by Crippen LogP contribution is 2.48. The molecule has 1 saturated heterocycles. The molecule has 1 heterocycles. The predicted octanol–water partition coefficient (Wildman–Crippen LogP) is 6.03. The number of rotatable bonds is 23. The second-order valence-corrected chi connectivity index (χ2v) is 13.6. The Kier molecular flexibility index (Phi) is 20.3. The summed E-state index contributed by atoms with van der Waals surface area (Å²) in [6.45, 7) is 0.231. The van der Waals surface area contributed by atoms with E-state index in [0.717, 1.165) is 30.8 Å². The van der Waals surface area contributed by atoms with E-state index in [2.05, 4.69) is 12.2 Å². The van der Waals surface area contributed by atoms with Crippen LogP contribution in [-0.4, -0.2) is 63.3 Å².